The first-order valence-electron chi connectivity index (χ1n) is 7.57. The van der Waals surface area contributed by atoms with Gasteiger partial charge in [-0.1, -0.05) is 30.7 Å². The van der Waals surface area contributed by atoms with Gasteiger partial charge in [0.1, 0.15) is 0 Å². The molecule has 0 aliphatic rings. The first-order chi connectivity index (χ1) is 11.0. The van der Waals surface area contributed by atoms with E-state index in [2.05, 4.69) is 0 Å². The number of carboxylic acids is 1. The van der Waals surface area contributed by atoms with E-state index in [-0.39, 0.29) is 13.0 Å². The molecule has 2 aromatic carbocycles. The van der Waals surface area contributed by atoms with Gasteiger partial charge in [0.15, 0.2) is 0 Å². The molecule has 0 saturated heterocycles. The van der Waals surface area contributed by atoms with E-state index in [4.69, 9.17) is 21.7 Å². The highest BCUT2D eigenvalue weighted by Crippen LogP contribution is 2.21. The van der Waals surface area contributed by atoms with Crippen LogP contribution < -0.4 is 11.5 Å². The van der Waals surface area contributed by atoms with Crippen molar-refractivity contribution in [1.82, 2.24) is 0 Å². The maximum Gasteiger partial charge on any atom is 0.303 e. The Hall–Kier alpha value is -2.53. The van der Waals surface area contributed by atoms with Crippen molar-refractivity contribution in [3.05, 3.63) is 48.5 Å². The minimum Gasteiger partial charge on any atom is -0.481 e. The maximum atomic E-state index is 9.90. The third kappa shape index (κ3) is 7.87. The van der Waals surface area contributed by atoms with Crippen molar-refractivity contribution >= 4 is 17.3 Å². The molecule has 0 unspecified atom stereocenters. The van der Waals surface area contributed by atoms with E-state index in [1.54, 1.807) is 0 Å². The Morgan fingerprint density at radius 1 is 0.783 bits per heavy atom. The first-order valence-corrected chi connectivity index (χ1v) is 7.57. The second-order valence-electron chi connectivity index (χ2n) is 5.17. The fraction of sp³-hybridized carbons (Fsp3) is 0.278. The molecule has 0 bridgehead atoms. The maximum absolute atomic E-state index is 9.90. The van der Waals surface area contributed by atoms with Crippen LogP contribution in [0.5, 0.6) is 0 Å². The molecule has 5 nitrogen and oxygen atoms in total. The Morgan fingerprint density at radius 3 is 1.57 bits per heavy atom. The highest BCUT2D eigenvalue weighted by molar-refractivity contribution is 5.67. The first kappa shape index (κ1) is 18.5. The number of nitrogens with two attached hydrogens (primary N) is 2. The van der Waals surface area contributed by atoms with E-state index in [1.165, 1.54) is 0 Å². The molecule has 0 fully saturated rings. The normalized spacial score (nSPS) is 9.78. The summed E-state index contributed by atoms with van der Waals surface area (Å²) in [5, 5.41) is 16.4. The minimum absolute atomic E-state index is 0.166. The Kier molecular flexibility index (Phi) is 8.24. The monoisotopic (exact) mass is 316 g/mol. The van der Waals surface area contributed by atoms with Gasteiger partial charge in [-0.3, -0.25) is 4.79 Å². The number of carbonyl (C=O) groups is 1. The Morgan fingerprint density at radius 2 is 1.22 bits per heavy atom. The topological polar surface area (TPSA) is 110 Å². The number of carboxylic acid groups (broad SMARTS) is 1. The summed E-state index contributed by atoms with van der Waals surface area (Å²) in [6.07, 6.45) is 2.42. The summed E-state index contributed by atoms with van der Waals surface area (Å²) in [7, 11) is 0. The minimum atomic E-state index is -0.757. The van der Waals surface area contributed by atoms with Crippen molar-refractivity contribution in [3.8, 4) is 11.1 Å². The molecule has 0 aliphatic carbocycles. The van der Waals surface area contributed by atoms with Crippen LogP contribution in [0.15, 0.2) is 48.5 Å². The molecule has 0 radical (unpaired) electrons. The number of hydrogen-bond donors (Lipinski definition) is 4. The summed E-state index contributed by atoms with van der Waals surface area (Å²) in [6, 6.07) is 15.6. The van der Waals surface area contributed by atoms with Gasteiger partial charge in [-0.2, -0.15) is 0 Å². The van der Waals surface area contributed by atoms with Crippen molar-refractivity contribution in [1.29, 1.82) is 0 Å². The standard InChI is InChI=1S/C12H12N2.C6H12O3/c13-11-5-1-9(2-6-11)10-3-7-12(14)8-4-10;7-5-3-1-2-4-6(8)9/h1-8H,13-14H2;7H,1-5H2,(H,8,9). The molecule has 0 saturated carbocycles. The highest BCUT2D eigenvalue weighted by Gasteiger charge is 1.96. The molecular formula is C18H24N2O3. The average molecular weight is 316 g/mol. The fourth-order valence-corrected chi connectivity index (χ4v) is 1.92. The smallest absolute Gasteiger partial charge is 0.303 e. The molecule has 2 rings (SSSR count). The molecule has 124 valence electrons. The van der Waals surface area contributed by atoms with Gasteiger partial charge in [0.05, 0.1) is 0 Å². The van der Waals surface area contributed by atoms with Crippen molar-refractivity contribution in [2.45, 2.75) is 25.7 Å². The number of anilines is 2. The number of unbranched alkanes of at least 4 members (excludes halogenated alkanes) is 2. The van der Waals surface area contributed by atoms with Gasteiger partial charge in [-0.15, -0.1) is 0 Å². The molecule has 23 heavy (non-hydrogen) atoms. The van der Waals surface area contributed by atoms with Crippen molar-refractivity contribution in [3.63, 3.8) is 0 Å². The van der Waals surface area contributed by atoms with Crippen LogP contribution >= 0.6 is 0 Å². The van der Waals surface area contributed by atoms with Crippen LogP contribution in [0.3, 0.4) is 0 Å². The van der Waals surface area contributed by atoms with Gasteiger partial charge in [-0.25, -0.2) is 0 Å². The van der Waals surface area contributed by atoms with Gasteiger partial charge >= 0.3 is 5.97 Å². The lowest BCUT2D eigenvalue weighted by molar-refractivity contribution is -0.137. The van der Waals surface area contributed by atoms with E-state index < -0.39 is 5.97 Å². The fourth-order valence-electron chi connectivity index (χ4n) is 1.92. The molecule has 0 heterocycles. The van der Waals surface area contributed by atoms with Gasteiger partial charge in [-0.05, 0) is 48.2 Å². The zero-order valence-corrected chi connectivity index (χ0v) is 13.1. The molecule has 5 heteroatoms. The zero-order chi connectivity index (χ0) is 17.1. The van der Waals surface area contributed by atoms with Gasteiger partial charge < -0.3 is 21.7 Å². The summed E-state index contributed by atoms with van der Waals surface area (Å²) in [5.41, 5.74) is 15.1. The lowest BCUT2D eigenvalue weighted by Gasteiger charge is -2.02. The molecule has 0 amide bonds. The summed E-state index contributed by atoms with van der Waals surface area (Å²) in [4.78, 5) is 9.90. The number of rotatable bonds is 6. The number of aliphatic carboxylic acids is 1. The molecular weight excluding hydrogens is 292 g/mol. The summed E-state index contributed by atoms with van der Waals surface area (Å²) in [5.74, 6) is -0.757. The van der Waals surface area contributed by atoms with Crippen LogP contribution in [0, 0.1) is 0 Å². The number of nitrogen functional groups attached to an aromatic ring is 2. The van der Waals surface area contributed by atoms with Crippen molar-refractivity contribution in [2.24, 2.45) is 0 Å². The molecule has 6 N–H and O–H groups in total. The van der Waals surface area contributed by atoms with E-state index in [1.807, 2.05) is 48.5 Å². The van der Waals surface area contributed by atoms with Crippen LogP contribution in [0.1, 0.15) is 25.7 Å². The zero-order valence-electron chi connectivity index (χ0n) is 13.1. The van der Waals surface area contributed by atoms with E-state index in [0.717, 1.165) is 28.9 Å². The predicted molar refractivity (Wildman–Crippen MR) is 93.9 cm³/mol. The molecule has 0 aliphatic heterocycles. The van der Waals surface area contributed by atoms with E-state index in [0.29, 0.717) is 12.8 Å². The van der Waals surface area contributed by atoms with Crippen LogP contribution in [0.25, 0.3) is 11.1 Å². The highest BCUT2D eigenvalue weighted by atomic mass is 16.4. The second kappa shape index (κ2) is 10.2. The molecule has 0 aromatic heterocycles. The predicted octanol–water partition coefficient (Wildman–Crippen LogP) is 3.14. The third-order valence-corrected chi connectivity index (χ3v) is 3.20. The van der Waals surface area contributed by atoms with Gasteiger partial charge in [0, 0.05) is 24.4 Å². The lowest BCUT2D eigenvalue weighted by atomic mass is 10.1. The van der Waals surface area contributed by atoms with Gasteiger partial charge in [0.25, 0.3) is 0 Å². The largest absolute Gasteiger partial charge is 0.481 e. The van der Waals surface area contributed by atoms with Crippen molar-refractivity contribution < 1.29 is 15.0 Å². The Labute approximate surface area is 136 Å². The van der Waals surface area contributed by atoms with E-state index in [9.17, 15) is 4.79 Å². The van der Waals surface area contributed by atoms with E-state index >= 15 is 0 Å². The van der Waals surface area contributed by atoms with Gasteiger partial charge in [0.2, 0.25) is 0 Å². The Balaban J connectivity index is 0.000000257. The van der Waals surface area contributed by atoms with Crippen LogP contribution in [0.4, 0.5) is 11.4 Å². The quantitative estimate of drug-likeness (QED) is 0.483. The SMILES string of the molecule is Nc1ccc(-c2ccc(N)cc2)cc1.O=C(O)CCCCCO. The van der Waals surface area contributed by atoms with Crippen LogP contribution in [-0.2, 0) is 4.79 Å². The van der Waals surface area contributed by atoms with Crippen LogP contribution in [0.2, 0.25) is 0 Å². The third-order valence-electron chi connectivity index (χ3n) is 3.20. The number of hydrogen-bond acceptors (Lipinski definition) is 4. The summed E-state index contributed by atoms with van der Waals surface area (Å²) in [6.45, 7) is 0.166. The molecule has 0 spiro atoms. The lowest BCUT2D eigenvalue weighted by Crippen LogP contribution is -1.94. The number of aliphatic hydroxyl groups is 1. The number of aliphatic hydroxyl groups excluding tert-OH is 1. The average Bonchev–Trinajstić information content (AvgIpc) is 2.54. The Bertz CT molecular complexity index is 537. The summed E-state index contributed by atoms with van der Waals surface area (Å²) < 4.78 is 0. The second-order valence-corrected chi connectivity index (χ2v) is 5.17. The number of benzene rings is 2. The molecule has 2 aromatic rings. The molecule has 0 atom stereocenters. The van der Waals surface area contributed by atoms with Crippen LogP contribution in [-0.4, -0.2) is 22.8 Å². The summed E-state index contributed by atoms with van der Waals surface area (Å²) >= 11 is 0. The van der Waals surface area contributed by atoms with Crippen molar-refractivity contribution in [2.75, 3.05) is 18.1 Å².